The van der Waals surface area contributed by atoms with Gasteiger partial charge in [-0.1, -0.05) is 25.5 Å². The third-order valence-corrected chi connectivity index (χ3v) is 6.19. The lowest BCUT2D eigenvalue weighted by atomic mass is 9.47. The molecule has 1 aliphatic heterocycles. The Bertz CT molecular complexity index is 556. The summed E-state index contributed by atoms with van der Waals surface area (Å²) >= 11 is 0. The average molecular weight is 340 g/mol. The van der Waals surface area contributed by atoms with Crippen molar-refractivity contribution >= 4 is 5.97 Å². The highest BCUT2D eigenvalue weighted by Gasteiger charge is 2.74. The number of carbonyl (C=O) groups is 1. The zero-order valence-corrected chi connectivity index (χ0v) is 15.0. The Morgan fingerprint density at radius 3 is 2.58 bits per heavy atom. The van der Waals surface area contributed by atoms with Gasteiger partial charge in [0.15, 0.2) is 6.29 Å². The van der Waals surface area contributed by atoms with Crippen LogP contribution in [-0.2, 0) is 19.0 Å². The van der Waals surface area contributed by atoms with Crippen LogP contribution in [0.5, 0.6) is 0 Å². The second-order valence-electron chi connectivity index (χ2n) is 8.08. The summed E-state index contributed by atoms with van der Waals surface area (Å²) in [6, 6.07) is 0. The number of carbonyl (C=O) groups excluding carboxylic acids is 1. The first-order valence-corrected chi connectivity index (χ1v) is 8.55. The van der Waals surface area contributed by atoms with Crippen LogP contribution in [0, 0.1) is 17.3 Å². The van der Waals surface area contributed by atoms with E-state index in [0.717, 1.165) is 12.0 Å². The maximum absolute atomic E-state index is 11.7. The highest BCUT2D eigenvalue weighted by atomic mass is 16.7. The van der Waals surface area contributed by atoms with Gasteiger partial charge in [-0.3, -0.25) is 4.79 Å². The van der Waals surface area contributed by atoms with Crippen molar-refractivity contribution in [2.75, 3.05) is 7.11 Å². The van der Waals surface area contributed by atoms with Gasteiger partial charge in [0.1, 0.15) is 17.8 Å². The van der Waals surface area contributed by atoms with Crippen molar-refractivity contribution in [3.05, 3.63) is 11.6 Å². The van der Waals surface area contributed by atoms with E-state index in [-0.39, 0.29) is 17.3 Å². The molecule has 6 heteroatoms. The fraction of sp³-hybridized carbons (Fsp3) is 0.833. The molecule has 0 unspecified atom stereocenters. The SMILES string of the molecule is CO[C@H]1/C=C(\C)C[C@@H](OC(C)=O)[C@@]23O[C@H](O)[C@@H]([C@@H]1O)[C@@H]2CC3(C)C. The van der Waals surface area contributed by atoms with Gasteiger partial charge < -0.3 is 24.4 Å². The molecule has 1 heterocycles. The van der Waals surface area contributed by atoms with Crippen LogP contribution in [-0.4, -0.2) is 53.5 Å². The number of aliphatic hydroxyl groups is 2. The summed E-state index contributed by atoms with van der Waals surface area (Å²) in [5, 5.41) is 21.4. The molecule has 1 saturated carbocycles. The van der Waals surface area contributed by atoms with E-state index in [2.05, 4.69) is 13.8 Å². The zero-order chi connectivity index (χ0) is 17.9. The first-order valence-electron chi connectivity index (χ1n) is 8.55. The van der Waals surface area contributed by atoms with Crippen LogP contribution in [0.15, 0.2) is 11.6 Å². The van der Waals surface area contributed by atoms with Gasteiger partial charge in [0.2, 0.25) is 0 Å². The molecule has 2 fully saturated rings. The molecule has 2 N–H and O–H groups in total. The van der Waals surface area contributed by atoms with E-state index in [4.69, 9.17) is 14.2 Å². The summed E-state index contributed by atoms with van der Waals surface area (Å²) < 4.78 is 17.2. The fourth-order valence-corrected chi connectivity index (χ4v) is 5.18. The summed E-state index contributed by atoms with van der Waals surface area (Å²) in [5.74, 6) is -0.921. The van der Waals surface area contributed by atoms with E-state index >= 15 is 0 Å². The van der Waals surface area contributed by atoms with Crippen molar-refractivity contribution in [2.45, 2.75) is 70.7 Å². The van der Waals surface area contributed by atoms with Crippen molar-refractivity contribution in [2.24, 2.45) is 17.3 Å². The molecule has 2 bridgehead atoms. The van der Waals surface area contributed by atoms with Gasteiger partial charge >= 0.3 is 5.97 Å². The molecular formula is C18H28O6. The molecule has 0 aromatic carbocycles. The van der Waals surface area contributed by atoms with Crippen molar-refractivity contribution < 1.29 is 29.2 Å². The van der Waals surface area contributed by atoms with E-state index in [0.29, 0.717) is 6.42 Å². The molecule has 0 amide bonds. The Hall–Kier alpha value is -0.950. The molecular weight excluding hydrogens is 312 g/mol. The molecule has 3 rings (SSSR count). The molecule has 3 aliphatic rings. The van der Waals surface area contributed by atoms with Crippen molar-refractivity contribution in [1.29, 1.82) is 0 Å². The quantitative estimate of drug-likeness (QED) is 0.584. The third kappa shape index (κ3) is 2.35. The zero-order valence-electron chi connectivity index (χ0n) is 15.0. The van der Waals surface area contributed by atoms with Gasteiger partial charge in [-0.2, -0.15) is 0 Å². The van der Waals surface area contributed by atoms with E-state index in [1.165, 1.54) is 6.92 Å². The molecule has 0 aromatic rings. The first kappa shape index (κ1) is 17.9. The predicted molar refractivity (Wildman–Crippen MR) is 85.9 cm³/mol. The molecule has 7 atom stereocenters. The minimum Gasteiger partial charge on any atom is -0.459 e. The Morgan fingerprint density at radius 2 is 2.04 bits per heavy atom. The Labute approximate surface area is 142 Å². The van der Waals surface area contributed by atoms with Crippen LogP contribution >= 0.6 is 0 Å². The number of ether oxygens (including phenoxy) is 3. The second kappa shape index (κ2) is 5.80. The van der Waals surface area contributed by atoms with Crippen molar-refractivity contribution in [3.63, 3.8) is 0 Å². The molecule has 0 radical (unpaired) electrons. The molecule has 2 aliphatic carbocycles. The minimum atomic E-state index is -1.10. The number of esters is 1. The van der Waals surface area contributed by atoms with Crippen LogP contribution in [0.4, 0.5) is 0 Å². The van der Waals surface area contributed by atoms with Gasteiger partial charge in [-0.15, -0.1) is 0 Å². The van der Waals surface area contributed by atoms with Crippen LogP contribution in [0.1, 0.15) is 40.5 Å². The lowest BCUT2D eigenvalue weighted by Crippen LogP contribution is -2.68. The summed E-state index contributed by atoms with van der Waals surface area (Å²) in [6.45, 7) is 7.44. The lowest BCUT2D eigenvalue weighted by molar-refractivity contribution is -0.276. The maximum Gasteiger partial charge on any atom is 0.303 e. The van der Waals surface area contributed by atoms with E-state index < -0.39 is 36.1 Å². The van der Waals surface area contributed by atoms with Gasteiger partial charge in [-0.05, 0) is 18.8 Å². The number of aliphatic hydroxyl groups excluding tert-OH is 2. The van der Waals surface area contributed by atoms with Crippen LogP contribution in [0.3, 0.4) is 0 Å². The van der Waals surface area contributed by atoms with Crippen LogP contribution in [0.25, 0.3) is 0 Å². The van der Waals surface area contributed by atoms with Crippen molar-refractivity contribution in [1.82, 2.24) is 0 Å². The molecule has 0 spiro atoms. The lowest BCUT2D eigenvalue weighted by Gasteiger charge is -2.61. The highest BCUT2D eigenvalue weighted by molar-refractivity contribution is 5.66. The minimum absolute atomic E-state index is 0.0844. The largest absolute Gasteiger partial charge is 0.459 e. The average Bonchev–Trinajstić information content (AvgIpc) is 2.73. The molecule has 6 nitrogen and oxygen atoms in total. The molecule has 136 valence electrons. The van der Waals surface area contributed by atoms with Crippen LogP contribution in [0.2, 0.25) is 0 Å². The fourth-order valence-electron chi connectivity index (χ4n) is 5.18. The molecule has 24 heavy (non-hydrogen) atoms. The second-order valence-corrected chi connectivity index (χ2v) is 8.08. The number of methoxy groups -OCH3 is 1. The molecule has 1 saturated heterocycles. The summed E-state index contributed by atoms with van der Waals surface area (Å²) in [6.07, 6.45) is 0.141. The first-order chi connectivity index (χ1) is 11.1. The van der Waals surface area contributed by atoms with Crippen molar-refractivity contribution in [3.8, 4) is 0 Å². The van der Waals surface area contributed by atoms with E-state index in [1.54, 1.807) is 7.11 Å². The Balaban J connectivity index is 2.10. The normalized spacial score (nSPS) is 48.9. The Kier molecular flexibility index (Phi) is 4.31. The summed E-state index contributed by atoms with van der Waals surface area (Å²) in [4.78, 5) is 11.7. The monoisotopic (exact) mass is 340 g/mol. The van der Waals surface area contributed by atoms with Gasteiger partial charge in [0, 0.05) is 32.3 Å². The number of hydrogen-bond donors (Lipinski definition) is 2. The van der Waals surface area contributed by atoms with Gasteiger partial charge in [-0.25, -0.2) is 0 Å². The van der Waals surface area contributed by atoms with Gasteiger partial charge in [0.25, 0.3) is 0 Å². The van der Waals surface area contributed by atoms with Gasteiger partial charge in [0.05, 0.1) is 6.10 Å². The maximum atomic E-state index is 11.7. The highest BCUT2D eigenvalue weighted by Crippen LogP contribution is 2.67. The standard InChI is InChI=1S/C18H28O6/c1-9-6-12(22-5)15(20)14-11-8-17(3,4)18(11,24-16(14)21)13(7-9)23-10(2)19/h6,11-16,20-21H,7-8H2,1-5H3/b9-6+/t11-,12-,13+,14+,15+,16-,18-/m0/s1. The number of rotatable bonds is 2. The Morgan fingerprint density at radius 1 is 1.38 bits per heavy atom. The molecule has 0 aromatic heterocycles. The summed E-state index contributed by atoms with van der Waals surface area (Å²) in [5.41, 5.74) is -0.0874. The number of hydrogen-bond acceptors (Lipinski definition) is 6. The smallest absolute Gasteiger partial charge is 0.303 e. The topological polar surface area (TPSA) is 85.2 Å². The van der Waals surface area contributed by atoms with E-state index in [1.807, 2.05) is 13.0 Å². The van der Waals surface area contributed by atoms with Crippen LogP contribution < -0.4 is 0 Å². The van der Waals surface area contributed by atoms with E-state index in [9.17, 15) is 15.0 Å². The third-order valence-electron chi connectivity index (χ3n) is 6.19. The predicted octanol–water partition coefficient (Wildman–Crippen LogP) is 1.39. The summed E-state index contributed by atoms with van der Waals surface area (Å²) in [7, 11) is 1.54.